The molecule has 106 valence electrons. The molecule has 0 unspecified atom stereocenters. The topological polar surface area (TPSA) is 109 Å². The summed E-state index contributed by atoms with van der Waals surface area (Å²) in [6.07, 6.45) is 3.13. The first kappa shape index (κ1) is 16.0. The molecule has 0 aliphatic rings. The zero-order chi connectivity index (χ0) is 15.5. The van der Waals surface area contributed by atoms with Gasteiger partial charge in [0.25, 0.3) is 0 Å². The van der Waals surface area contributed by atoms with E-state index >= 15 is 0 Å². The van der Waals surface area contributed by atoms with Gasteiger partial charge in [0.1, 0.15) is 11.4 Å². The van der Waals surface area contributed by atoms with Crippen LogP contribution >= 0.6 is 0 Å². The van der Waals surface area contributed by atoms with Crippen molar-refractivity contribution in [3.63, 3.8) is 0 Å². The third kappa shape index (κ3) is 6.09. The van der Waals surface area contributed by atoms with Gasteiger partial charge in [-0.05, 0) is 29.8 Å². The Morgan fingerprint density at radius 2 is 1.67 bits per heavy atom. The highest BCUT2D eigenvalue weighted by atomic mass is 16.1. The summed E-state index contributed by atoms with van der Waals surface area (Å²) in [5.41, 5.74) is 8.80. The van der Waals surface area contributed by atoms with Gasteiger partial charge in [0, 0.05) is 24.2 Å². The van der Waals surface area contributed by atoms with Crippen molar-refractivity contribution in [2.75, 3.05) is 6.54 Å². The minimum Gasteiger partial charge on any atom is -0.293 e. The Balaban J connectivity index is 0.000000219. The molecule has 0 saturated carbocycles. The maximum absolute atomic E-state index is 11.1. The molecule has 2 rings (SSSR count). The average molecular weight is 283 g/mol. The number of carbonyl (C=O) groups is 2. The van der Waals surface area contributed by atoms with E-state index in [9.17, 15) is 9.59 Å². The first-order chi connectivity index (χ1) is 10.1. The van der Waals surface area contributed by atoms with Crippen molar-refractivity contribution in [1.29, 1.82) is 0 Å². The van der Waals surface area contributed by atoms with E-state index in [1.165, 1.54) is 13.1 Å². The zero-order valence-electron chi connectivity index (χ0n) is 11.4. The van der Waals surface area contributed by atoms with E-state index in [0.29, 0.717) is 11.4 Å². The van der Waals surface area contributed by atoms with Crippen LogP contribution in [0.1, 0.15) is 27.9 Å². The summed E-state index contributed by atoms with van der Waals surface area (Å²) >= 11 is 0. The predicted molar refractivity (Wildman–Crippen MR) is 76.8 cm³/mol. The van der Waals surface area contributed by atoms with Crippen LogP contribution in [0.2, 0.25) is 0 Å². The van der Waals surface area contributed by atoms with Gasteiger partial charge >= 0.3 is 0 Å². The van der Waals surface area contributed by atoms with Crippen molar-refractivity contribution in [2.24, 2.45) is 5.11 Å². The number of hydrogen-bond acceptors (Lipinski definition) is 5. The highest BCUT2D eigenvalue weighted by Crippen LogP contribution is 1.95. The third-order valence-corrected chi connectivity index (χ3v) is 2.25. The fourth-order valence-electron chi connectivity index (χ4n) is 1.28. The Bertz CT molecular complexity index is 637. The fraction of sp³-hybridized carbons (Fsp3) is 0.143. The lowest BCUT2D eigenvalue weighted by Gasteiger charge is -1.92. The van der Waals surface area contributed by atoms with Gasteiger partial charge in [-0.15, -0.1) is 0 Å². The third-order valence-electron chi connectivity index (χ3n) is 2.25. The number of carbonyl (C=O) groups excluding carboxylic acids is 2. The molecule has 0 amide bonds. The molecule has 2 aromatic heterocycles. The van der Waals surface area contributed by atoms with Crippen molar-refractivity contribution >= 4 is 11.6 Å². The van der Waals surface area contributed by atoms with Gasteiger partial charge in [-0.25, -0.2) is 0 Å². The van der Waals surface area contributed by atoms with E-state index in [2.05, 4.69) is 20.0 Å². The van der Waals surface area contributed by atoms with Crippen molar-refractivity contribution < 1.29 is 9.59 Å². The SMILES string of the molecule is CC(=O)c1ccccn1.[N-]=[N+]=NCC(=O)c1ccccn1. The summed E-state index contributed by atoms with van der Waals surface area (Å²) in [7, 11) is 0. The van der Waals surface area contributed by atoms with Crippen molar-refractivity contribution in [3.05, 3.63) is 70.6 Å². The van der Waals surface area contributed by atoms with E-state index in [-0.39, 0.29) is 18.1 Å². The summed E-state index contributed by atoms with van der Waals surface area (Å²) in [4.78, 5) is 31.8. The Labute approximate surface area is 121 Å². The van der Waals surface area contributed by atoms with Crippen LogP contribution in [0.15, 0.2) is 53.9 Å². The van der Waals surface area contributed by atoms with E-state index in [0.717, 1.165) is 0 Å². The summed E-state index contributed by atoms with van der Waals surface area (Å²) in [6.45, 7) is 1.33. The summed E-state index contributed by atoms with van der Waals surface area (Å²) in [5.74, 6) is -0.260. The maximum atomic E-state index is 11.1. The number of ketones is 2. The predicted octanol–water partition coefficient (Wildman–Crippen LogP) is 2.86. The van der Waals surface area contributed by atoms with Crippen LogP contribution in [0.5, 0.6) is 0 Å². The number of rotatable bonds is 4. The van der Waals surface area contributed by atoms with E-state index in [1.54, 1.807) is 42.6 Å². The lowest BCUT2D eigenvalue weighted by molar-refractivity contribution is 0.0993. The van der Waals surface area contributed by atoms with Crippen LogP contribution in [0.3, 0.4) is 0 Å². The molecule has 0 spiro atoms. The fourth-order valence-corrected chi connectivity index (χ4v) is 1.28. The molecular formula is C14H13N5O2. The molecule has 0 radical (unpaired) electrons. The number of aromatic nitrogens is 2. The molecule has 2 aromatic rings. The quantitative estimate of drug-likeness (QED) is 0.372. The zero-order valence-corrected chi connectivity index (χ0v) is 11.4. The highest BCUT2D eigenvalue weighted by molar-refractivity contribution is 5.95. The van der Waals surface area contributed by atoms with Gasteiger partial charge in [-0.2, -0.15) is 0 Å². The van der Waals surface area contributed by atoms with E-state index < -0.39 is 0 Å². The van der Waals surface area contributed by atoms with Crippen LogP contribution in [-0.2, 0) is 0 Å². The van der Waals surface area contributed by atoms with Crippen LogP contribution in [-0.4, -0.2) is 28.1 Å². The van der Waals surface area contributed by atoms with Crippen molar-refractivity contribution in [2.45, 2.75) is 6.92 Å². The number of hydrogen-bond donors (Lipinski definition) is 0. The molecule has 0 bridgehead atoms. The number of azide groups is 1. The van der Waals surface area contributed by atoms with Crippen LogP contribution in [0.4, 0.5) is 0 Å². The first-order valence-electron chi connectivity index (χ1n) is 6.02. The molecule has 0 N–H and O–H groups in total. The standard InChI is InChI=1S/C7H6N4O.C7H7NO/c8-11-10-5-7(12)6-3-1-2-4-9-6;1-6(9)7-4-2-3-5-8-7/h1-4H,5H2;2-5H,1H3. The largest absolute Gasteiger partial charge is 0.293 e. The number of pyridine rings is 2. The van der Waals surface area contributed by atoms with Crippen LogP contribution < -0.4 is 0 Å². The van der Waals surface area contributed by atoms with Gasteiger partial charge in [0.2, 0.25) is 0 Å². The van der Waals surface area contributed by atoms with E-state index in [4.69, 9.17) is 5.53 Å². The van der Waals surface area contributed by atoms with Gasteiger partial charge in [0.05, 0.1) is 6.54 Å². The molecule has 2 heterocycles. The molecule has 0 fully saturated rings. The molecular weight excluding hydrogens is 270 g/mol. The molecule has 0 saturated heterocycles. The van der Waals surface area contributed by atoms with Gasteiger partial charge in [-0.3, -0.25) is 19.6 Å². The lowest BCUT2D eigenvalue weighted by atomic mass is 10.2. The Hall–Kier alpha value is -3.05. The monoisotopic (exact) mass is 283 g/mol. The normalized spacial score (nSPS) is 8.81. The molecule has 21 heavy (non-hydrogen) atoms. The Morgan fingerprint density at radius 1 is 1.10 bits per heavy atom. The Morgan fingerprint density at radius 3 is 2.05 bits per heavy atom. The average Bonchev–Trinajstić information content (AvgIpc) is 2.55. The van der Waals surface area contributed by atoms with Crippen molar-refractivity contribution in [3.8, 4) is 0 Å². The maximum Gasteiger partial charge on any atom is 0.186 e. The minimum absolute atomic E-state index is 0.00981. The van der Waals surface area contributed by atoms with Crippen LogP contribution in [0, 0.1) is 0 Å². The van der Waals surface area contributed by atoms with Gasteiger partial charge < -0.3 is 0 Å². The molecule has 0 aliphatic heterocycles. The van der Waals surface area contributed by atoms with Crippen molar-refractivity contribution in [1.82, 2.24) is 9.97 Å². The summed E-state index contributed by atoms with van der Waals surface area (Å²) < 4.78 is 0. The molecule has 0 atom stereocenters. The number of nitrogens with zero attached hydrogens (tertiary/aromatic N) is 5. The highest BCUT2D eigenvalue weighted by Gasteiger charge is 2.03. The molecule has 7 nitrogen and oxygen atoms in total. The van der Waals surface area contributed by atoms with E-state index in [1.807, 2.05) is 0 Å². The second-order valence-electron chi connectivity index (χ2n) is 3.80. The second-order valence-corrected chi connectivity index (χ2v) is 3.80. The van der Waals surface area contributed by atoms with Crippen LogP contribution in [0.25, 0.3) is 10.4 Å². The lowest BCUT2D eigenvalue weighted by Crippen LogP contribution is -2.04. The number of Topliss-reactive ketones (excluding diaryl/α,β-unsaturated/α-hetero) is 2. The van der Waals surface area contributed by atoms with Gasteiger partial charge in [-0.1, -0.05) is 17.2 Å². The Kier molecular flexibility index (Phi) is 6.82. The van der Waals surface area contributed by atoms with Gasteiger partial charge in [0.15, 0.2) is 11.6 Å². The molecule has 0 aromatic carbocycles. The molecule has 7 heteroatoms. The minimum atomic E-state index is -0.270. The summed E-state index contributed by atoms with van der Waals surface area (Å²) in [5, 5.41) is 3.14. The molecule has 0 aliphatic carbocycles. The smallest absolute Gasteiger partial charge is 0.186 e. The first-order valence-corrected chi connectivity index (χ1v) is 6.02. The summed E-state index contributed by atoms with van der Waals surface area (Å²) in [6, 6.07) is 10.3. The second kappa shape index (κ2) is 8.95.